The number of hydrogen-bond acceptors (Lipinski definition) is 5. The lowest BCUT2D eigenvalue weighted by molar-refractivity contribution is -0.128. The van der Waals surface area contributed by atoms with Crippen LogP contribution in [0.2, 0.25) is 0 Å². The minimum absolute atomic E-state index is 0.194. The fourth-order valence-corrected chi connectivity index (χ4v) is 2.95. The minimum Gasteiger partial charge on any atom is -0.491 e. The fraction of sp³-hybridized carbons (Fsp3) is 0.381. The molecule has 0 aliphatic carbocycles. The van der Waals surface area contributed by atoms with Crippen molar-refractivity contribution in [1.29, 1.82) is 0 Å². The largest absolute Gasteiger partial charge is 0.491 e. The number of nitrogens with one attached hydrogen (secondary N) is 1. The third-order valence-electron chi connectivity index (χ3n) is 4.29. The lowest BCUT2D eigenvalue weighted by Gasteiger charge is -2.20. The molecule has 2 aromatic rings. The molecule has 7 nitrogen and oxygen atoms in total. The van der Waals surface area contributed by atoms with Crippen molar-refractivity contribution in [2.24, 2.45) is 0 Å². The maximum atomic E-state index is 12.3. The third kappa shape index (κ3) is 6.98. The highest BCUT2D eigenvalue weighted by atomic mass is 32.2. The van der Waals surface area contributed by atoms with Crippen LogP contribution in [0, 0.1) is 6.92 Å². The first-order valence-electron chi connectivity index (χ1n) is 9.26. The first-order chi connectivity index (χ1) is 13.6. The number of amides is 1. The van der Waals surface area contributed by atoms with Gasteiger partial charge in [-0.25, -0.2) is 8.42 Å². The van der Waals surface area contributed by atoms with Gasteiger partial charge in [0.25, 0.3) is 5.91 Å². The Labute approximate surface area is 172 Å². The molecule has 0 saturated heterocycles. The Morgan fingerprint density at radius 2 is 1.59 bits per heavy atom. The van der Waals surface area contributed by atoms with E-state index in [1.54, 1.807) is 31.2 Å². The summed E-state index contributed by atoms with van der Waals surface area (Å²) in [5, 5.41) is 2.85. The molecule has 0 saturated carbocycles. The van der Waals surface area contributed by atoms with Crippen molar-refractivity contribution in [2.45, 2.75) is 32.9 Å². The summed E-state index contributed by atoms with van der Waals surface area (Å²) in [6.07, 6.45) is 0.420. The van der Waals surface area contributed by atoms with Gasteiger partial charge in [-0.05, 0) is 57.2 Å². The zero-order valence-electron chi connectivity index (χ0n) is 17.4. The summed E-state index contributed by atoms with van der Waals surface area (Å²) < 4.78 is 35.7. The van der Waals surface area contributed by atoms with Crippen LogP contribution in [0.1, 0.15) is 19.4 Å². The number of anilines is 1. The number of ether oxygens (including phenoxy) is 2. The number of carbonyl (C=O) groups excluding carboxylic acids is 1. The molecule has 0 fully saturated rings. The van der Waals surface area contributed by atoms with Crippen LogP contribution in [0.4, 0.5) is 5.69 Å². The molecule has 0 unspecified atom stereocenters. The van der Waals surface area contributed by atoms with Gasteiger partial charge in [-0.3, -0.25) is 9.10 Å². The van der Waals surface area contributed by atoms with E-state index < -0.39 is 16.1 Å². The van der Waals surface area contributed by atoms with Crippen LogP contribution in [0.3, 0.4) is 0 Å². The number of sulfonamides is 1. The highest BCUT2D eigenvalue weighted by Gasteiger charge is 2.18. The summed E-state index contributed by atoms with van der Waals surface area (Å²) in [7, 11) is -1.86. The van der Waals surface area contributed by atoms with E-state index in [2.05, 4.69) is 5.32 Å². The van der Waals surface area contributed by atoms with Crippen LogP contribution < -0.4 is 19.1 Å². The summed E-state index contributed by atoms with van der Waals surface area (Å²) in [4.78, 5) is 12.3. The summed E-state index contributed by atoms with van der Waals surface area (Å²) in [5.74, 6) is 0.962. The van der Waals surface area contributed by atoms with Gasteiger partial charge in [0.2, 0.25) is 10.0 Å². The Balaban J connectivity index is 1.84. The van der Waals surface area contributed by atoms with Crippen molar-refractivity contribution in [2.75, 3.05) is 24.2 Å². The number of aryl methyl sites for hydroxylation is 1. The Kier molecular flexibility index (Phi) is 7.50. The molecular weight excluding hydrogens is 392 g/mol. The van der Waals surface area contributed by atoms with E-state index in [0.717, 1.165) is 17.6 Å². The molecule has 2 atom stereocenters. The zero-order valence-corrected chi connectivity index (χ0v) is 18.2. The van der Waals surface area contributed by atoms with Crippen LogP contribution in [0.5, 0.6) is 11.5 Å². The van der Waals surface area contributed by atoms with E-state index in [4.69, 9.17) is 9.47 Å². The molecule has 2 rings (SSSR count). The zero-order chi connectivity index (χ0) is 21.6. The Morgan fingerprint density at radius 1 is 1.03 bits per heavy atom. The molecule has 29 heavy (non-hydrogen) atoms. The van der Waals surface area contributed by atoms with Crippen molar-refractivity contribution in [1.82, 2.24) is 5.32 Å². The first kappa shape index (κ1) is 22.5. The molecule has 158 valence electrons. The van der Waals surface area contributed by atoms with Crippen molar-refractivity contribution >= 4 is 21.6 Å². The van der Waals surface area contributed by atoms with Crippen LogP contribution in [0.15, 0.2) is 48.5 Å². The van der Waals surface area contributed by atoms with E-state index in [1.165, 1.54) is 11.4 Å². The molecule has 0 bridgehead atoms. The fourth-order valence-electron chi connectivity index (χ4n) is 2.44. The van der Waals surface area contributed by atoms with Crippen LogP contribution in [-0.2, 0) is 14.8 Å². The molecule has 0 heterocycles. The number of carbonyl (C=O) groups is 1. The molecule has 1 amide bonds. The van der Waals surface area contributed by atoms with Crippen LogP contribution in [-0.4, -0.2) is 46.4 Å². The predicted molar refractivity (Wildman–Crippen MR) is 114 cm³/mol. The molecule has 1 N–H and O–H groups in total. The lowest BCUT2D eigenvalue weighted by Crippen LogP contribution is -2.43. The summed E-state index contributed by atoms with van der Waals surface area (Å²) in [6, 6.07) is 14.0. The molecule has 0 aliphatic heterocycles. The highest BCUT2D eigenvalue weighted by molar-refractivity contribution is 7.92. The third-order valence-corrected chi connectivity index (χ3v) is 5.50. The Bertz CT molecular complexity index is 911. The summed E-state index contributed by atoms with van der Waals surface area (Å²) in [5.41, 5.74) is 1.67. The van der Waals surface area contributed by atoms with Gasteiger partial charge in [0.1, 0.15) is 18.1 Å². The van der Waals surface area contributed by atoms with Gasteiger partial charge in [0.05, 0.1) is 18.0 Å². The van der Waals surface area contributed by atoms with E-state index in [-0.39, 0.29) is 11.9 Å². The predicted octanol–water partition coefficient (Wildman–Crippen LogP) is 2.74. The normalized spacial score (nSPS) is 13.3. The average molecular weight is 421 g/mol. The van der Waals surface area contributed by atoms with Crippen molar-refractivity contribution in [3.05, 3.63) is 54.1 Å². The molecule has 0 radical (unpaired) electrons. The Morgan fingerprint density at radius 3 is 2.14 bits per heavy atom. The summed E-state index contributed by atoms with van der Waals surface area (Å²) in [6.45, 7) is 5.85. The van der Waals surface area contributed by atoms with Gasteiger partial charge < -0.3 is 14.8 Å². The van der Waals surface area contributed by atoms with Gasteiger partial charge in [-0.2, -0.15) is 0 Å². The lowest BCUT2D eigenvalue weighted by atomic mass is 10.2. The van der Waals surface area contributed by atoms with E-state index in [1.807, 2.05) is 38.1 Å². The second-order valence-electron chi connectivity index (χ2n) is 7.02. The van der Waals surface area contributed by atoms with Crippen LogP contribution in [0.25, 0.3) is 0 Å². The number of nitrogens with zero attached hydrogens (tertiary/aromatic N) is 1. The number of hydrogen-bond donors (Lipinski definition) is 1. The second-order valence-corrected chi connectivity index (χ2v) is 9.03. The van der Waals surface area contributed by atoms with Gasteiger partial charge in [-0.15, -0.1) is 0 Å². The molecule has 0 spiro atoms. The number of rotatable bonds is 9. The van der Waals surface area contributed by atoms with Crippen molar-refractivity contribution in [3.8, 4) is 11.5 Å². The molecule has 2 aromatic carbocycles. The van der Waals surface area contributed by atoms with Gasteiger partial charge in [-0.1, -0.05) is 17.7 Å². The standard InChI is InChI=1S/C21H28N2O5S/c1-15-6-10-19(11-7-15)27-14-16(2)22-21(24)17(3)28-20-12-8-18(9-13-20)23(4)29(5,25)26/h6-13,16-17H,14H2,1-5H3,(H,22,24)/t16-,17+/m1/s1. The van der Waals surface area contributed by atoms with Crippen LogP contribution >= 0.6 is 0 Å². The topological polar surface area (TPSA) is 84.9 Å². The SMILES string of the molecule is Cc1ccc(OC[C@@H](C)NC(=O)[C@H](C)Oc2ccc(N(C)S(C)(=O)=O)cc2)cc1. The van der Waals surface area contributed by atoms with E-state index in [9.17, 15) is 13.2 Å². The number of benzene rings is 2. The van der Waals surface area contributed by atoms with Gasteiger partial charge in [0, 0.05) is 7.05 Å². The Hall–Kier alpha value is -2.74. The second kappa shape index (κ2) is 9.65. The maximum absolute atomic E-state index is 12.3. The molecule has 0 aliphatic rings. The minimum atomic E-state index is -3.33. The van der Waals surface area contributed by atoms with E-state index in [0.29, 0.717) is 18.0 Å². The smallest absolute Gasteiger partial charge is 0.261 e. The molecular formula is C21H28N2O5S. The van der Waals surface area contributed by atoms with Gasteiger partial charge in [0.15, 0.2) is 6.10 Å². The monoisotopic (exact) mass is 420 g/mol. The van der Waals surface area contributed by atoms with Gasteiger partial charge >= 0.3 is 0 Å². The first-order valence-corrected chi connectivity index (χ1v) is 11.1. The van der Waals surface area contributed by atoms with Crippen molar-refractivity contribution < 1.29 is 22.7 Å². The summed E-state index contributed by atoms with van der Waals surface area (Å²) >= 11 is 0. The molecule has 0 aromatic heterocycles. The average Bonchev–Trinajstić information content (AvgIpc) is 2.66. The highest BCUT2D eigenvalue weighted by Crippen LogP contribution is 2.21. The van der Waals surface area contributed by atoms with Crippen molar-refractivity contribution in [3.63, 3.8) is 0 Å². The quantitative estimate of drug-likeness (QED) is 0.674. The van der Waals surface area contributed by atoms with E-state index >= 15 is 0 Å². The maximum Gasteiger partial charge on any atom is 0.261 e. The molecule has 8 heteroatoms.